The Morgan fingerprint density at radius 1 is 1.13 bits per heavy atom. The molecule has 0 radical (unpaired) electrons. The number of amides is 2. The zero-order chi connectivity index (χ0) is 17.2. The second kappa shape index (κ2) is 6.44. The molecule has 5 nitrogen and oxygen atoms in total. The third-order valence-corrected chi connectivity index (χ3v) is 3.65. The van der Waals surface area contributed by atoms with E-state index in [9.17, 15) is 9.59 Å². The molecule has 2 amide bonds. The Balaban J connectivity index is 1.99. The van der Waals surface area contributed by atoms with Gasteiger partial charge in [-0.2, -0.15) is 0 Å². The first kappa shape index (κ1) is 17.1. The summed E-state index contributed by atoms with van der Waals surface area (Å²) in [5.74, 6) is -0.399. The van der Waals surface area contributed by atoms with Crippen LogP contribution in [-0.4, -0.2) is 23.9 Å². The van der Waals surface area contributed by atoms with Crippen molar-refractivity contribution in [2.75, 3.05) is 6.54 Å². The first-order valence-electron chi connectivity index (χ1n) is 7.71. The minimum absolute atomic E-state index is 0.0238. The highest BCUT2D eigenvalue weighted by Gasteiger charge is 2.16. The average molecular weight is 316 g/mol. The summed E-state index contributed by atoms with van der Waals surface area (Å²) in [5.41, 5.74) is 3.58. The molecule has 0 bridgehead atoms. The van der Waals surface area contributed by atoms with Crippen molar-refractivity contribution < 1.29 is 14.0 Å². The van der Waals surface area contributed by atoms with Crippen LogP contribution in [0.1, 0.15) is 37.5 Å². The Morgan fingerprint density at radius 3 is 2.48 bits per heavy atom. The van der Waals surface area contributed by atoms with Crippen LogP contribution in [0.2, 0.25) is 0 Å². The van der Waals surface area contributed by atoms with Gasteiger partial charge in [0.25, 0.3) is 0 Å². The average Bonchev–Trinajstić information content (AvgIpc) is 2.82. The molecule has 1 heterocycles. The summed E-state index contributed by atoms with van der Waals surface area (Å²) in [6.07, 6.45) is 1.81. The quantitative estimate of drug-likeness (QED) is 0.911. The van der Waals surface area contributed by atoms with Gasteiger partial charge in [0.05, 0.1) is 19.2 Å². The van der Waals surface area contributed by atoms with Gasteiger partial charge in [0.15, 0.2) is 0 Å². The van der Waals surface area contributed by atoms with Crippen molar-refractivity contribution in [1.82, 2.24) is 10.6 Å². The van der Waals surface area contributed by atoms with Gasteiger partial charge in [-0.15, -0.1) is 0 Å². The summed E-state index contributed by atoms with van der Waals surface area (Å²) in [6, 6.07) is 3.99. The maximum Gasteiger partial charge on any atom is 0.239 e. The number of aryl methyl sites for hydroxylation is 2. The molecule has 2 N–H and O–H groups in total. The summed E-state index contributed by atoms with van der Waals surface area (Å²) in [5, 5.41) is 6.39. The lowest BCUT2D eigenvalue weighted by Crippen LogP contribution is -2.46. The van der Waals surface area contributed by atoms with Crippen molar-refractivity contribution in [2.45, 2.75) is 46.6 Å². The van der Waals surface area contributed by atoms with Crippen molar-refractivity contribution >= 4 is 22.8 Å². The molecular formula is C18H24N2O3. The summed E-state index contributed by atoms with van der Waals surface area (Å²) >= 11 is 0. The highest BCUT2D eigenvalue weighted by Crippen LogP contribution is 2.26. The molecule has 0 saturated carbocycles. The van der Waals surface area contributed by atoms with E-state index in [4.69, 9.17) is 4.42 Å². The second-order valence-electron chi connectivity index (χ2n) is 6.90. The number of fused-ring (bicyclic) bond motifs is 1. The van der Waals surface area contributed by atoms with E-state index in [1.807, 2.05) is 46.8 Å². The van der Waals surface area contributed by atoms with Gasteiger partial charge in [-0.3, -0.25) is 9.59 Å². The van der Waals surface area contributed by atoms with E-state index < -0.39 is 0 Å². The minimum Gasteiger partial charge on any atom is -0.464 e. The predicted octanol–water partition coefficient (Wildman–Crippen LogP) is 2.62. The third kappa shape index (κ3) is 4.34. The molecule has 1 aromatic heterocycles. The van der Waals surface area contributed by atoms with E-state index >= 15 is 0 Å². The SMILES string of the molecule is Cc1ccc2c(CC(=O)NCC(=O)NC(C)(C)C)coc2c1C. The normalized spacial score (nSPS) is 11.5. The summed E-state index contributed by atoms with van der Waals surface area (Å²) in [6.45, 7) is 9.70. The van der Waals surface area contributed by atoms with E-state index in [1.165, 1.54) is 0 Å². The molecule has 2 rings (SSSR count). The molecule has 0 saturated heterocycles. The van der Waals surface area contributed by atoms with Crippen molar-refractivity contribution in [3.63, 3.8) is 0 Å². The Kier molecular flexibility index (Phi) is 4.78. The minimum atomic E-state index is -0.308. The molecule has 2 aromatic rings. The van der Waals surface area contributed by atoms with E-state index in [1.54, 1.807) is 6.26 Å². The summed E-state index contributed by atoms with van der Waals surface area (Å²) < 4.78 is 5.59. The lowest BCUT2D eigenvalue weighted by molar-refractivity contribution is -0.126. The number of nitrogens with one attached hydrogen (secondary N) is 2. The maximum absolute atomic E-state index is 12.0. The second-order valence-corrected chi connectivity index (χ2v) is 6.90. The van der Waals surface area contributed by atoms with Crippen LogP contribution in [-0.2, 0) is 16.0 Å². The van der Waals surface area contributed by atoms with Crippen LogP contribution in [0, 0.1) is 13.8 Å². The van der Waals surface area contributed by atoms with Crippen molar-refractivity contribution in [1.29, 1.82) is 0 Å². The number of carbonyl (C=O) groups excluding carboxylic acids is 2. The topological polar surface area (TPSA) is 71.3 Å². The molecule has 0 spiro atoms. The fourth-order valence-corrected chi connectivity index (χ4v) is 2.40. The number of hydrogen-bond acceptors (Lipinski definition) is 3. The third-order valence-electron chi connectivity index (χ3n) is 3.65. The van der Waals surface area contributed by atoms with Crippen molar-refractivity contribution in [2.24, 2.45) is 0 Å². The lowest BCUT2D eigenvalue weighted by Gasteiger charge is -2.20. The van der Waals surface area contributed by atoms with Crippen LogP contribution in [0.25, 0.3) is 11.0 Å². The molecule has 0 aliphatic rings. The smallest absolute Gasteiger partial charge is 0.239 e. The number of hydrogen-bond donors (Lipinski definition) is 2. The maximum atomic E-state index is 12.0. The number of furan rings is 1. The Morgan fingerprint density at radius 2 is 1.83 bits per heavy atom. The van der Waals surface area contributed by atoms with Crippen LogP contribution in [0.3, 0.4) is 0 Å². The van der Waals surface area contributed by atoms with Crippen LogP contribution < -0.4 is 10.6 Å². The Hall–Kier alpha value is -2.30. The van der Waals surface area contributed by atoms with Gasteiger partial charge in [-0.25, -0.2) is 0 Å². The van der Waals surface area contributed by atoms with Crippen LogP contribution in [0.15, 0.2) is 22.8 Å². The predicted molar refractivity (Wildman–Crippen MR) is 90.3 cm³/mol. The van der Waals surface area contributed by atoms with Crippen LogP contribution >= 0.6 is 0 Å². The number of carbonyl (C=O) groups is 2. The van der Waals surface area contributed by atoms with E-state index in [0.717, 1.165) is 27.7 Å². The van der Waals surface area contributed by atoms with E-state index in [0.29, 0.717) is 0 Å². The van der Waals surface area contributed by atoms with Gasteiger partial charge in [0.2, 0.25) is 11.8 Å². The fourth-order valence-electron chi connectivity index (χ4n) is 2.40. The fraction of sp³-hybridized carbons (Fsp3) is 0.444. The first-order valence-corrected chi connectivity index (χ1v) is 7.71. The monoisotopic (exact) mass is 316 g/mol. The Labute approximate surface area is 136 Å². The zero-order valence-corrected chi connectivity index (χ0v) is 14.4. The molecule has 0 unspecified atom stereocenters. The van der Waals surface area contributed by atoms with Crippen LogP contribution in [0.4, 0.5) is 0 Å². The van der Waals surface area contributed by atoms with E-state index in [-0.39, 0.29) is 30.3 Å². The number of rotatable bonds is 4. The van der Waals surface area contributed by atoms with Gasteiger partial charge < -0.3 is 15.1 Å². The van der Waals surface area contributed by atoms with Crippen LogP contribution in [0.5, 0.6) is 0 Å². The standard InChI is InChI=1S/C18H24N2O3/c1-11-6-7-14-13(10-23-17(14)12(11)2)8-15(21)19-9-16(22)20-18(3,4)5/h6-7,10H,8-9H2,1-5H3,(H,19,21)(H,20,22). The highest BCUT2D eigenvalue weighted by molar-refractivity contribution is 5.91. The van der Waals surface area contributed by atoms with Crippen molar-refractivity contribution in [3.05, 3.63) is 35.1 Å². The molecular weight excluding hydrogens is 292 g/mol. The summed E-state index contributed by atoms with van der Waals surface area (Å²) in [4.78, 5) is 23.8. The van der Waals surface area contributed by atoms with Gasteiger partial charge in [0, 0.05) is 16.5 Å². The number of benzene rings is 1. The van der Waals surface area contributed by atoms with Gasteiger partial charge in [-0.1, -0.05) is 12.1 Å². The van der Waals surface area contributed by atoms with E-state index in [2.05, 4.69) is 10.6 Å². The Bertz CT molecular complexity index is 739. The molecule has 0 aliphatic heterocycles. The highest BCUT2D eigenvalue weighted by atomic mass is 16.3. The molecule has 0 atom stereocenters. The largest absolute Gasteiger partial charge is 0.464 e. The summed E-state index contributed by atoms with van der Waals surface area (Å²) in [7, 11) is 0. The molecule has 0 fully saturated rings. The zero-order valence-electron chi connectivity index (χ0n) is 14.4. The van der Waals surface area contributed by atoms with Gasteiger partial charge >= 0.3 is 0 Å². The molecule has 0 aliphatic carbocycles. The molecule has 1 aromatic carbocycles. The molecule has 124 valence electrons. The van der Waals surface area contributed by atoms with Crippen molar-refractivity contribution in [3.8, 4) is 0 Å². The lowest BCUT2D eigenvalue weighted by atomic mass is 10.0. The van der Waals surface area contributed by atoms with Gasteiger partial charge in [0.1, 0.15) is 5.58 Å². The molecule has 23 heavy (non-hydrogen) atoms. The van der Waals surface area contributed by atoms with Gasteiger partial charge in [-0.05, 0) is 45.7 Å². The first-order chi connectivity index (χ1) is 10.7. The molecule has 5 heteroatoms.